The Morgan fingerprint density at radius 1 is 1.15 bits per heavy atom. The van der Waals surface area contributed by atoms with Crippen molar-refractivity contribution in [3.63, 3.8) is 0 Å². The van der Waals surface area contributed by atoms with Gasteiger partial charge in [0, 0.05) is 17.8 Å². The van der Waals surface area contributed by atoms with Crippen LogP contribution in [0, 0.1) is 13.8 Å². The largest absolute Gasteiger partial charge is 0.496 e. The van der Waals surface area contributed by atoms with E-state index in [1.54, 1.807) is 7.11 Å². The molecule has 20 heavy (non-hydrogen) atoms. The first-order valence-electron chi connectivity index (χ1n) is 6.98. The predicted octanol–water partition coefficient (Wildman–Crippen LogP) is 3.48. The molecule has 0 spiro atoms. The zero-order chi connectivity index (χ0) is 14.5. The Balaban J connectivity index is 2.38. The highest BCUT2D eigenvalue weighted by Crippen LogP contribution is 2.30. The highest BCUT2D eigenvalue weighted by atomic mass is 16.5. The van der Waals surface area contributed by atoms with Crippen LogP contribution in [0.1, 0.15) is 23.7 Å². The van der Waals surface area contributed by atoms with E-state index in [1.165, 1.54) is 11.1 Å². The molecule has 0 unspecified atom stereocenters. The van der Waals surface area contributed by atoms with E-state index in [-0.39, 0.29) is 0 Å². The molecule has 0 aliphatic heterocycles. The van der Waals surface area contributed by atoms with Gasteiger partial charge in [0.2, 0.25) is 0 Å². The van der Waals surface area contributed by atoms with Crippen molar-refractivity contribution >= 4 is 0 Å². The highest BCUT2D eigenvalue weighted by molar-refractivity contribution is 5.68. The van der Waals surface area contributed by atoms with Gasteiger partial charge in [0.15, 0.2) is 0 Å². The van der Waals surface area contributed by atoms with E-state index >= 15 is 0 Å². The van der Waals surface area contributed by atoms with E-state index < -0.39 is 0 Å². The molecule has 0 radical (unpaired) electrons. The molecule has 0 aliphatic carbocycles. The van der Waals surface area contributed by atoms with E-state index in [2.05, 4.69) is 50.4 Å². The second-order valence-electron chi connectivity index (χ2n) is 4.93. The molecule has 0 saturated carbocycles. The summed E-state index contributed by atoms with van der Waals surface area (Å²) in [6.07, 6.45) is 0. The molecule has 3 nitrogen and oxygen atoms in total. The molecule has 0 amide bonds. The first-order valence-corrected chi connectivity index (χ1v) is 6.98. The Bertz CT molecular complexity index is 594. The number of benzene rings is 1. The van der Waals surface area contributed by atoms with Gasteiger partial charge in [-0.25, -0.2) is 0 Å². The van der Waals surface area contributed by atoms with Crippen molar-refractivity contribution in [1.82, 2.24) is 10.3 Å². The molecule has 0 aliphatic rings. The second kappa shape index (κ2) is 6.53. The number of nitrogens with one attached hydrogen (secondary N) is 1. The quantitative estimate of drug-likeness (QED) is 0.903. The minimum absolute atomic E-state index is 0.862. The van der Waals surface area contributed by atoms with Crippen LogP contribution in [-0.2, 0) is 6.54 Å². The van der Waals surface area contributed by atoms with E-state index in [9.17, 15) is 0 Å². The fourth-order valence-electron chi connectivity index (χ4n) is 2.21. The number of ether oxygens (including phenoxy) is 1. The van der Waals surface area contributed by atoms with Gasteiger partial charge in [0.05, 0.1) is 12.8 Å². The maximum absolute atomic E-state index is 5.44. The Kier molecular flexibility index (Phi) is 4.74. The van der Waals surface area contributed by atoms with Crippen LogP contribution in [0.25, 0.3) is 11.3 Å². The smallest absolute Gasteiger partial charge is 0.128 e. The lowest BCUT2D eigenvalue weighted by Gasteiger charge is -2.12. The molecule has 1 N–H and O–H groups in total. The van der Waals surface area contributed by atoms with Crippen molar-refractivity contribution < 1.29 is 4.74 Å². The van der Waals surface area contributed by atoms with Crippen LogP contribution in [0.5, 0.6) is 5.75 Å². The SMILES string of the molecule is CCNCc1ccc(-c2cc(C)ccc2OC)nc1C. The molecule has 106 valence electrons. The zero-order valence-electron chi connectivity index (χ0n) is 12.7. The van der Waals surface area contributed by atoms with Gasteiger partial charge in [-0.1, -0.05) is 24.6 Å². The first-order chi connectivity index (χ1) is 9.65. The molecule has 0 fully saturated rings. The summed E-state index contributed by atoms with van der Waals surface area (Å²) in [7, 11) is 1.70. The highest BCUT2D eigenvalue weighted by Gasteiger charge is 2.09. The lowest BCUT2D eigenvalue weighted by molar-refractivity contribution is 0.416. The van der Waals surface area contributed by atoms with Gasteiger partial charge in [-0.15, -0.1) is 0 Å². The standard InChI is InChI=1S/C17H22N2O/c1-5-18-11-14-7-8-16(19-13(14)3)15-10-12(2)6-9-17(15)20-4/h6-10,18H,5,11H2,1-4H3. The molecule has 0 saturated heterocycles. The molecular weight excluding hydrogens is 248 g/mol. The zero-order valence-corrected chi connectivity index (χ0v) is 12.7. The summed E-state index contributed by atoms with van der Waals surface area (Å²) in [6, 6.07) is 10.4. The van der Waals surface area contributed by atoms with Gasteiger partial charge in [0.1, 0.15) is 5.75 Å². The van der Waals surface area contributed by atoms with Crippen molar-refractivity contribution in [3.8, 4) is 17.0 Å². The molecule has 1 aromatic heterocycles. The number of rotatable bonds is 5. The number of hydrogen-bond donors (Lipinski definition) is 1. The third-order valence-corrected chi connectivity index (χ3v) is 3.39. The molecular formula is C17H22N2O. The minimum atomic E-state index is 0.862. The topological polar surface area (TPSA) is 34.1 Å². The summed E-state index contributed by atoms with van der Waals surface area (Å²) in [5, 5.41) is 3.33. The Labute approximate surface area is 121 Å². The maximum atomic E-state index is 5.44. The Morgan fingerprint density at radius 2 is 1.95 bits per heavy atom. The van der Waals surface area contributed by atoms with Gasteiger partial charge in [-0.2, -0.15) is 0 Å². The van der Waals surface area contributed by atoms with E-state index in [4.69, 9.17) is 9.72 Å². The van der Waals surface area contributed by atoms with Crippen molar-refractivity contribution in [2.75, 3.05) is 13.7 Å². The number of aryl methyl sites for hydroxylation is 2. The van der Waals surface area contributed by atoms with Crippen LogP contribution < -0.4 is 10.1 Å². The van der Waals surface area contributed by atoms with Crippen LogP contribution in [0.2, 0.25) is 0 Å². The minimum Gasteiger partial charge on any atom is -0.496 e. The normalized spacial score (nSPS) is 10.6. The fraction of sp³-hybridized carbons (Fsp3) is 0.353. The number of nitrogens with zero attached hydrogens (tertiary/aromatic N) is 1. The predicted molar refractivity (Wildman–Crippen MR) is 83.1 cm³/mol. The average molecular weight is 270 g/mol. The molecule has 2 rings (SSSR count). The van der Waals surface area contributed by atoms with Crippen LogP contribution in [0.4, 0.5) is 0 Å². The van der Waals surface area contributed by atoms with E-state index in [0.717, 1.165) is 35.8 Å². The van der Waals surface area contributed by atoms with Crippen LogP contribution in [-0.4, -0.2) is 18.6 Å². The van der Waals surface area contributed by atoms with E-state index in [1.807, 2.05) is 6.07 Å². The number of methoxy groups -OCH3 is 1. The Morgan fingerprint density at radius 3 is 2.60 bits per heavy atom. The summed E-state index contributed by atoms with van der Waals surface area (Å²) in [5.41, 5.74) is 5.51. The number of pyridine rings is 1. The summed E-state index contributed by atoms with van der Waals surface area (Å²) in [6.45, 7) is 8.07. The summed E-state index contributed by atoms with van der Waals surface area (Å²) in [5.74, 6) is 0.863. The van der Waals surface area contributed by atoms with Gasteiger partial charge in [-0.3, -0.25) is 4.98 Å². The van der Waals surface area contributed by atoms with Crippen molar-refractivity contribution in [1.29, 1.82) is 0 Å². The lowest BCUT2D eigenvalue weighted by atomic mass is 10.1. The Hall–Kier alpha value is -1.87. The molecule has 0 atom stereocenters. The third-order valence-electron chi connectivity index (χ3n) is 3.39. The van der Waals surface area contributed by atoms with Gasteiger partial charge in [0.25, 0.3) is 0 Å². The summed E-state index contributed by atoms with van der Waals surface area (Å²) < 4.78 is 5.44. The van der Waals surface area contributed by atoms with Crippen LogP contribution in [0.15, 0.2) is 30.3 Å². The third kappa shape index (κ3) is 3.17. The molecule has 1 aromatic carbocycles. The van der Waals surface area contributed by atoms with Crippen molar-refractivity contribution in [2.45, 2.75) is 27.3 Å². The number of hydrogen-bond acceptors (Lipinski definition) is 3. The molecule has 3 heteroatoms. The fourth-order valence-corrected chi connectivity index (χ4v) is 2.21. The lowest BCUT2D eigenvalue weighted by Crippen LogP contribution is -2.13. The first kappa shape index (κ1) is 14.5. The maximum Gasteiger partial charge on any atom is 0.128 e. The number of aromatic nitrogens is 1. The molecule has 0 bridgehead atoms. The van der Waals surface area contributed by atoms with Crippen molar-refractivity contribution in [3.05, 3.63) is 47.2 Å². The van der Waals surface area contributed by atoms with Crippen molar-refractivity contribution in [2.24, 2.45) is 0 Å². The van der Waals surface area contributed by atoms with Crippen LogP contribution >= 0.6 is 0 Å². The summed E-state index contributed by atoms with van der Waals surface area (Å²) >= 11 is 0. The van der Waals surface area contributed by atoms with Gasteiger partial charge >= 0.3 is 0 Å². The second-order valence-corrected chi connectivity index (χ2v) is 4.93. The molecule has 1 heterocycles. The van der Waals surface area contributed by atoms with E-state index in [0.29, 0.717) is 0 Å². The van der Waals surface area contributed by atoms with Gasteiger partial charge < -0.3 is 10.1 Å². The average Bonchev–Trinajstić information content (AvgIpc) is 2.46. The summed E-state index contributed by atoms with van der Waals surface area (Å²) in [4.78, 5) is 4.73. The van der Waals surface area contributed by atoms with Crippen LogP contribution in [0.3, 0.4) is 0 Å². The molecule has 2 aromatic rings. The monoisotopic (exact) mass is 270 g/mol. The van der Waals surface area contributed by atoms with Gasteiger partial charge in [-0.05, 0) is 44.2 Å².